The first-order valence-corrected chi connectivity index (χ1v) is 11.6. The summed E-state index contributed by atoms with van der Waals surface area (Å²) < 4.78 is 38.8. The molecule has 2 aromatic carbocycles. The Morgan fingerprint density at radius 1 is 1.15 bits per heavy atom. The van der Waals surface area contributed by atoms with E-state index >= 15 is 0 Å². The molecule has 0 N–H and O–H groups in total. The van der Waals surface area contributed by atoms with Crippen molar-refractivity contribution < 1.29 is 27.4 Å². The summed E-state index contributed by atoms with van der Waals surface area (Å²) in [6, 6.07) is 12.8. The molecule has 170 valence electrons. The highest BCUT2D eigenvalue weighted by molar-refractivity contribution is 7.48. The second kappa shape index (κ2) is 9.20. The second-order valence-corrected chi connectivity index (χ2v) is 9.23. The number of fused-ring (bicyclic) bond motifs is 1. The molecule has 33 heavy (non-hydrogen) atoms. The number of allylic oxidation sites excluding steroid dienone is 1. The molecule has 1 aromatic heterocycles. The highest BCUT2D eigenvalue weighted by Crippen LogP contribution is 2.53. The first-order valence-electron chi connectivity index (χ1n) is 10.2. The molecule has 4 rings (SSSR count). The maximum absolute atomic E-state index is 12.4. The fourth-order valence-corrected chi connectivity index (χ4v) is 4.18. The van der Waals surface area contributed by atoms with E-state index in [4.69, 9.17) is 22.8 Å². The summed E-state index contributed by atoms with van der Waals surface area (Å²) in [6.07, 6.45) is 2.27. The highest BCUT2D eigenvalue weighted by atomic mass is 31.2. The summed E-state index contributed by atoms with van der Waals surface area (Å²) in [7, 11) is -1.16. The fourth-order valence-electron chi connectivity index (χ4n) is 3.46. The summed E-state index contributed by atoms with van der Waals surface area (Å²) in [5.74, 6) is 1.57. The molecule has 0 aliphatic heterocycles. The summed E-state index contributed by atoms with van der Waals surface area (Å²) >= 11 is 0. The molecule has 0 spiro atoms. The Morgan fingerprint density at radius 2 is 1.91 bits per heavy atom. The van der Waals surface area contributed by atoms with Crippen LogP contribution in [0.2, 0.25) is 0 Å². The van der Waals surface area contributed by atoms with E-state index in [1.807, 2.05) is 32.0 Å². The Balaban J connectivity index is 1.64. The molecule has 0 bridgehead atoms. The number of phosphoric acid groups is 1. The first-order chi connectivity index (χ1) is 15.9. The van der Waals surface area contributed by atoms with Gasteiger partial charge in [-0.25, -0.2) is 4.57 Å². The Kier molecular flexibility index (Phi) is 6.34. The van der Waals surface area contributed by atoms with Crippen LogP contribution in [0, 0.1) is 11.3 Å². The molecular formula is C23H22N3O6P. The van der Waals surface area contributed by atoms with E-state index in [9.17, 15) is 9.83 Å². The van der Waals surface area contributed by atoms with Gasteiger partial charge in [-0.05, 0) is 50.1 Å². The van der Waals surface area contributed by atoms with Gasteiger partial charge in [0, 0.05) is 30.9 Å². The zero-order chi connectivity index (χ0) is 23.6. The number of rotatable bonds is 8. The van der Waals surface area contributed by atoms with Crippen LogP contribution in [0.5, 0.6) is 5.75 Å². The summed E-state index contributed by atoms with van der Waals surface area (Å²) in [5, 5.41) is 13.6. The molecule has 0 radical (unpaired) electrons. The van der Waals surface area contributed by atoms with E-state index in [1.165, 1.54) is 14.2 Å². The van der Waals surface area contributed by atoms with Gasteiger partial charge in [0.1, 0.15) is 17.6 Å². The van der Waals surface area contributed by atoms with E-state index in [-0.39, 0.29) is 12.0 Å². The van der Waals surface area contributed by atoms with Crippen LogP contribution in [0.15, 0.2) is 47.0 Å². The second-order valence-electron chi connectivity index (χ2n) is 7.42. The van der Waals surface area contributed by atoms with Crippen molar-refractivity contribution in [2.24, 2.45) is 0 Å². The molecule has 10 heteroatoms. The van der Waals surface area contributed by atoms with E-state index in [2.05, 4.69) is 16.2 Å². The maximum atomic E-state index is 12.4. The first kappa shape index (κ1) is 22.7. The van der Waals surface area contributed by atoms with Crippen molar-refractivity contribution in [3.05, 3.63) is 59.2 Å². The molecule has 0 saturated carbocycles. The van der Waals surface area contributed by atoms with Crippen LogP contribution < -0.4 is 4.74 Å². The average molecular weight is 467 g/mol. The lowest BCUT2D eigenvalue weighted by molar-refractivity contribution is 0.201. The Morgan fingerprint density at radius 3 is 2.61 bits per heavy atom. The topological polar surface area (TPSA) is 117 Å². The van der Waals surface area contributed by atoms with E-state index < -0.39 is 7.82 Å². The van der Waals surface area contributed by atoms with Gasteiger partial charge in [-0.15, -0.1) is 0 Å². The number of hydrogen-bond donors (Lipinski definition) is 0. The summed E-state index contributed by atoms with van der Waals surface area (Å²) in [5.41, 5.74) is 3.39. The van der Waals surface area contributed by atoms with Crippen molar-refractivity contribution in [1.29, 1.82) is 5.26 Å². The molecule has 9 nitrogen and oxygen atoms in total. The zero-order valence-electron chi connectivity index (χ0n) is 18.6. The quantitative estimate of drug-likeness (QED) is 0.403. The van der Waals surface area contributed by atoms with Gasteiger partial charge in [0.15, 0.2) is 0 Å². The largest absolute Gasteiger partial charge is 0.529 e. The van der Waals surface area contributed by atoms with Crippen LogP contribution in [-0.2, 0) is 24.6 Å². The molecule has 3 aromatic rings. The number of nitrogens with zero attached hydrogens (tertiary/aromatic N) is 3. The van der Waals surface area contributed by atoms with Gasteiger partial charge >= 0.3 is 7.82 Å². The van der Waals surface area contributed by atoms with Crippen molar-refractivity contribution in [3.63, 3.8) is 0 Å². The zero-order valence-corrected chi connectivity index (χ0v) is 19.5. The molecule has 0 saturated heterocycles. The SMILES string of the molecule is COP(=O)(OC)OC1=CCc2c1cccc2-c1noc(-c2ccc(OC(C)C)c(C#N)c2)n1. The molecule has 1 heterocycles. The van der Waals surface area contributed by atoms with Crippen molar-refractivity contribution in [1.82, 2.24) is 10.1 Å². The predicted octanol–water partition coefficient (Wildman–Crippen LogP) is 5.38. The predicted molar refractivity (Wildman–Crippen MR) is 120 cm³/mol. The van der Waals surface area contributed by atoms with Gasteiger partial charge < -0.3 is 13.8 Å². The molecule has 0 amide bonds. The Labute approximate surface area is 191 Å². The van der Waals surface area contributed by atoms with Crippen LogP contribution in [-0.4, -0.2) is 30.5 Å². The molecule has 0 fully saturated rings. The van der Waals surface area contributed by atoms with Crippen molar-refractivity contribution in [2.75, 3.05) is 14.2 Å². The monoisotopic (exact) mass is 467 g/mol. The minimum absolute atomic E-state index is 0.0534. The smallest absolute Gasteiger partial charge is 0.490 e. The average Bonchev–Trinajstić information content (AvgIpc) is 3.46. The van der Waals surface area contributed by atoms with Gasteiger partial charge in [-0.2, -0.15) is 10.2 Å². The third-order valence-electron chi connectivity index (χ3n) is 4.97. The van der Waals surface area contributed by atoms with Crippen LogP contribution in [0.3, 0.4) is 0 Å². The molecule has 1 aliphatic rings. The fraction of sp³-hybridized carbons (Fsp3) is 0.261. The number of hydrogen-bond acceptors (Lipinski definition) is 9. The van der Waals surface area contributed by atoms with Gasteiger partial charge in [0.2, 0.25) is 5.82 Å². The standard InChI is InChI=1S/C23H22N3O6P/c1-14(2)30-20-10-8-15(12-16(20)13-24)23-25-22(26-31-23)19-7-5-6-18-17(19)9-11-21(18)32-33(27,28-3)29-4/h5-8,10-12,14H,9H2,1-4H3. The van der Waals surface area contributed by atoms with E-state index in [0.29, 0.717) is 34.9 Å². The summed E-state index contributed by atoms with van der Waals surface area (Å²) in [6.45, 7) is 3.79. The third kappa shape index (κ3) is 4.55. The summed E-state index contributed by atoms with van der Waals surface area (Å²) in [4.78, 5) is 4.53. The Bertz CT molecular complexity index is 1300. The van der Waals surface area contributed by atoms with Gasteiger partial charge in [-0.1, -0.05) is 23.4 Å². The van der Waals surface area contributed by atoms with Gasteiger partial charge in [0.05, 0.1) is 11.7 Å². The van der Waals surface area contributed by atoms with Crippen LogP contribution >= 0.6 is 7.82 Å². The Hall–Kier alpha value is -3.44. The number of nitriles is 1. The van der Waals surface area contributed by atoms with Gasteiger partial charge in [0.25, 0.3) is 5.89 Å². The minimum Gasteiger partial charge on any atom is -0.490 e. The number of aromatic nitrogens is 2. The maximum Gasteiger partial charge on any atom is 0.529 e. The normalized spacial score (nSPS) is 12.9. The van der Waals surface area contributed by atoms with Crippen molar-refractivity contribution >= 4 is 13.6 Å². The highest BCUT2D eigenvalue weighted by Gasteiger charge is 2.30. The van der Waals surface area contributed by atoms with Crippen LogP contribution in [0.1, 0.15) is 30.5 Å². The minimum atomic E-state index is -3.68. The molecule has 0 atom stereocenters. The van der Waals surface area contributed by atoms with E-state index in [1.54, 1.807) is 24.3 Å². The molecule has 1 aliphatic carbocycles. The lowest BCUT2D eigenvalue weighted by atomic mass is 10.0. The third-order valence-corrected chi connectivity index (χ3v) is 6.28. The molecule has 0 unspecified atom stereocenters. The van der Waals surface area contributed by atoms with E-state index in [0.717, 1.165) is 16.7 Å². The van der Waals surface area contributed by atoms with Crippen LogP contribution in [0.25, 0.3) is 28.6 Å². The van der Waals surface area contributed by atoms with Gasteiger partial charge in [-0.3, -0.25) is 9.05 Å². The number of benzene rings is 2. The number of ether oxygens (including phenoxy) is 1. The van der Waals surface area contributed by atoms with Crippen LogP contribution in [0.4, 0.5) is 0 Å². The lowest BCUT2D eigenvalue weighted by Crippen LogP contribution is -2.06. The molecular weight excluding hydrogens is 445 g/mol. The lowest BCUT2D eigenvalue weighted by Gasteiger charge is -2.16. The number of phosphoric ester groups is 1. The van der Waals surface area contributed by atoms with Crippen molar-refractivity contribution in [3.8, 4) is 34.7 Å². The van der Waals surface area contributed by atoms with Crippen molar-refractivity contribution in [2.45, 2.75) is 26.4 Å².